The zero-order chi connectivity index (χ0) is 13.9. The van der Waals surface area contributed by atoms with Crippen molar-refractivity contribution in [3.05, 3.63) is 33.9 Å². The zero-order valence-electron chi connectivity index (χ0n) is 10.9. The van der Waals surface area contributed by atoms with Gasteiger partial charge in [-0.1, -0.05) is 24.6 Å². The summed E-state index contributed by atoms with van der Waals surface area (Å²) in [6.07, 6.45) is 0.984. The molecule has 0 N–H and O–H groups in total. The van der Waals surface area contributed by atoms with Gasteiger partial charge < -0.3 is 4.74 Å². The Kier molecular flexibility index (Phi) is 4.31. The first-order valence-electron chi connectivity index (χ1n) is 6.35. The molecule has 3 heterocycles. The van der Waals surface area contributed by atoms with Crippen molar-refractivity contribution < 1.29 is 4.74 Å². The summed E-state index contributed by atoms with van der Waals surface area (Å²) in [5.74, 6) is 0.649. The molecule has 0 aliphatic rings. The lowest BCUT2D eigenvalue weighted by Gasteiger charge is -2.03. The molecule has 0 saturated heterocycles. The molecule has 0 aliphatic heterocycles. The standard InChI is InChI=1S/C14H13ClN2OS2/c1-2-5-18-7-11-16-13(15)12-9(8-20-14(12)17-11)10-4-3-6-19-10/h3-4,6,8H,2,5,7H2,1H3. The second kappa shape index (κ2) is 6.18. The van der Waals surface area contributed by atoms with Gasteiger partial charge in [0.1, 0.15) is 16.6 Å². The van der Waals surface area contributed by atoms with E-state index in [1.165, 1.54) is 4.88 Å². The van der Waals surface area contributed by atoms with Gasteiger partial charge in [-0.15, -0.1) is 22.7 Å². The summed E-state index contributed by atoms with van der Waals surface area (Å²) < 4.78 is 5.47. The van der Waals surface area contributed by atoms with Gasteiger partial charge >= 0.3 is 0 Å². The summed E-state index contributed by atoms with van der Waals surface area (Å²) in [6.45, 7) is 3.20. The maximum Gasteiger partial charge on any atom is 0.157 e. The Bertz CT molecular complexity index is 709. The van der Waals surface area contributed by atoms with E-state index in [0.29, 0.717) is 24.2 Å². The minimum atomic E-state index is 0.412. The first-order chi connectivity index (χ1) is 9.79. The van der Waals surface area contributed by atoms with E-state index in [4.69, 9.17) is 16.3 Å². The van der Waals surface area contributed by atoms with Crippen molar-refractivity contribution >= 4 is 44.5 Å². The van der Waals surface area contributed by atoms with E-state index in [9.17, 15) is 0 Å². The highest BCUT2D eigenvalue weighted by Gasteiger charge is 2.14. The van der Waals surface area contributed by atoms with Gasteiger partial charge in [-0.05, 0) is 17.9 Å². The van der Waals surface area contributed by atoms with Crippen molar-refractivity contribution in [2.24, 2.45) is 0 Å². The summed E-state index contributed by atoms with van der Waals surface area (Å²) in [4.78, 5) is 11.0. The third-order valence-corrected chi connectivity index (χ3v) is 4.85. The number of thiophene rings is 2. The van der Waals surface area contributed by atoms with Crippen molar-refractivity contribution in [2.45, 2.75) is 20.0 Å². The number of hydrogen-bond acceptors (Lipinski definition) is 5. The minimum Gasteiger partial charge on any atom is -0.373 e. The summed E-state index contributed by atoms with van der Waals surface area (Å²) in [5, 5.41) is 5.60. The van der Waals surface area contributed by atoms with E-state index in [-0.39, 0.29) is 0 Å². The van der Waals surface area contributed by atoms with Crippen LogP contribution in [0.25, 0.3) is 20.7 Å². The third kappa shape index (κ3) is 2.72. The van der Waals surface area contributed by atoms with E-state index in [0.717, 1.165) is 22.2 Å². The molecule has 104 valence electrons. The van der Waals surface area contributed by atoms with Crippen molar-refractivity contribution in [3.8, 4) is 10.4 Å². The van der Waals surface area contributed by atoms with Gasteiger partial charge in [0.05, 0.1) is 5.39 Å². The van der Waals surface area contributed by atoms with Crippen molar-refractivity contribution in [3.63, 3.8) is 0 Å². The summed E-state index contributed by atoms with van der Waals surface area (Å²) in [6, 6.07) is 4.12. The number of halogens is 1. The molecule has 0 spiro atoms. The van der Waals surface area contributed by atoms with Crippen LogP contribution in [-0.2, 0) is 11.3 Å². The molecule has 0 aliphatic carbocycles. The van der Waals surface area contributed by atoms with Crippen LogP contribution in [0.5, 0.6) is 0 Å². The number of hydrogen-bond donors (Lipinski definition) is 0. The molecule has 3 nitrogen and oxygen atoms in total. The topological polar surface area (TPSA) is 35.0 Å². The van der Waals surface area contributed by atoms with Crippen LogP contribution < -0.4 is 0 Å². The van der Waals surface area contributed by atoms with Gasteiger partial charge in [0.15, 0.2) is 5.82 Å². The molecule has 3 aromatic heterocycles. The zero-order valence-corrected chi connectivity index (χ0v) is 13.3. The first kappa shape index (κ1) is 13.9. The molecule has 0 amide bonds. The van der Waals surface area contributed by atoms with Crippen LogP contribution in [0.4, 0.5) is 0 Å². The average Bonchev–Trinajstić information content (AvgIpc) is 3.07. The summed E-state index contributed by atoms with van der Waals surface area (Å²) in [5.41, 5.74) is 1.12. The maximum atomic E-state index is 6.34. The molecule has 0 aromatic carbocycles. The van der Waals surface area contributed by atoms with Crippen LogP contribution in [0.15, 0.2) is 22.9 Å². The van der Waals surface area contributed by atoms with Crippen molar-refractivity contribution in [2.75, 3.05) is 6.61 Å². The Labute approximate surface area is 130 Å². The van der Waals surface area contributed by atoms with Crippen molar-refractivity contribution in [1.29, 1.82) is 0 Å². The second-order valence-electron chi connectivity index (χ2n) is 4.29. The number of rotatable bonds is 5. The Hall–Kier alpha value is -1.01. The van der Waals surface area contributed by atoms with Crippen LogP contribution in [0.1, 0.15) is 19.2 Å². The number of aromatic nitrogens is 2. The normalized spacial score (nSPS) is 11.3. The van der Waals surface area contributed by atoms with E-state index >= 15 is 0 Å². The molecule has 3 aromatic rings. The number of nitrogens with zero attached hydrogens (tertiary/aromatic N) is 2. The van der Waals surface area contributed by atoms with Crippen LogP contribution in [0.2, 0.25) is 5.15 Å². The fraction of sp³-hybridized carbons (Fsp3) is 0.286. The van der Waals surface area contributed by atoms with E-state index in [1.54, 1.807) is 22.7 Å². The van der Waals surface area contributed by atoms with Gasteiger partial charge in [-0.3, -0.25) is 0 Å². The van der Waals surface area contributed by atoms with Crippen LogP contribution in [-0.4, -0.2) is 16.6 Å². The molecular weight excluding hydrogens is 312 g/mol. The highest BCUT2D eigenvalue weighted by Crippen LogP contribution is 2.38. The lowest BCUT2D eigenvalue weighted by atomic mass is 10.2. The largest absolute Gasteiger partial charge is 0.373 e. The molecular formula is C14H13ClN2OS2. The van der Waals surface area contributed by atoms with E-state index in [1.807, 2.05) is 6.07 Å². The fourth-order valence-electron chi connectivity index (χ4n) is 1.93. The molecule has 3 rings (SSSR count). The molecule has 20 heavy (non-hydrogen) atoms. The van der Waals surface area contributed by atoms with Crippen molar-refractivity contribution in [1.82, 2.24) is 9.97 Å². The predicted molar refractivity (Wildman–Crippen MR) is 85.7 cm³/mol. The fourth-order valence-corrected chi connectivity index (χ4v) is 4.05. The summed E-state index contributed by atoms with van der Waals surface area (Å²) >= 11 is 9.63. The van der Waals surface area contributed by atoms with E-state index < -0.39 is 0 Å². The SMILES string of the molecule is CCCOCc1nc(Cl)c2c(-c3cccs3)csc2n1. The Morgan fingerprint density at radius 1 is 1.30 bits per heavy atom. The van der Waals surface area contributed by atoms with Crippen LogP contribution in [0.3, 0.4) is 0 Å². The molecule has 0 fully saturated rings. The average molecular weight is 325 g/mol. The lowest BCUT2D eigenvalue weighted by molar-refractivity contribution is 0.116. The smallest absolute Gasteiger partial charge is 0.157 e. The first-order valence-corrected chi connectivity index (χ1v) is 8.48. The molecule has 0 radical (unpaired) electrons. The second-order valence-corrected chi connectivity index (χ2v) is 6.45. The highest BCUT2D eigenvalue weighted by molar-refractivity contribution is 7.18. The Morgan fingerprint density at radius 2 is 2.20 bits per heavy atom. The third-order valence-electron chi connectivity index (χ3n) is 2.80. The lowest BCUT2D eigenvalue weighted by Crippen LogP contribution is -2.00. The van der Waals surface area contributed by atoms with Gasteiger partial charge in [0.2, 0.25) is 0 Å². The summed E-state index contributed by atoms with van der Waals surface area (Å²) in [7, 11) is 0. The predicted octanol–water partition coefficient (Wildman–Crippen LogP) is 5.00. The van der Waals surface area contributed by atoms with Gasteiger partial charge in [0, 0.05) is 22.4 Å². The molecule has 0 atom stereocenters. The maximum absolute atomic E-state index is 6.34. The van der Waals surface area contributed by atoms with Gasteiger partial charge in [-0.25, -0.2) is 9.97 Å². The highest BCUT2D eigenvalue weighted by atomic mass is 35.5. The molecule has 0 unspecified atom stereocenters. The quantitative estimate of drug-likeness (QED) is 0.489. The Morgan fingerprint density at radius 3 is 2.95 bits per heavy atom. The van der Waals surface area contributed by atoms with Gasteiger partial charge in [-0.2, -0.15) is 0 Å². The van der Waals surface area contributed by atoms with Gasteiger partial charge in [0.25, 0.3) is 0 Å². The molecule has 6 heteroatoms. The molecule has 0 saturated carbocycles. The van der Waals surface area contributed by atoms with Crippen LogP contribution >= 0.6 is 34.3 Å². The number of fused-ring (bicyclic) bond motifs is 1. The van der Waals surface area contributed by atoms with Crippen LogP contribution in [0, 0.1) is 0 Å². The minimum absolute atomic E-state index is 0.412. The molecule has 0 bridgehead atoms. The Balaban J connectivity index is 1.98. The number of ether oxygens (including phenoxy) is 1. The monoisotopic (exact) mass is 324 g/mol. The van der Waals surface area contributed by atoms with E-state index in [2.05, 4.69) is 33.7 Å².